The molecule has 0 fully saturated rings. The molecule has 35 heavy (non-hydrogen) atoms. The van der Waals surface area contributed by atoms with Crippen molar-refractivity contribution in [3.63, 3.8) is 0 Å². The van der Waals surface area contributed by atoms with Crippen LogP contribution in [0.5, 0.6) is 0 Å². The van der Waals surface area contributed by atoms with Crippen molar-refractivity contribution in [1.29, 1.82) is 0 Å². The van der Waals surface area contributed by atoms with Gasteiger partial charge in [0.05, 0.1) is 0 Å². The van der Waals surface area contributed by atoms with E-state index in [-0.39, 0.29) is 0 Å². The lowest BCUT2D eigenvalue weighted by Gasteiger charge is -2.26. The molecule has 0 atom stereocenters. The van der Waals surface area contributed by atoms with Crippen molar-refractivity contribution in [2.75, 3.05) is 4.90 Å². The van der Waals surface area contributed by atoms with E-state index in [1.807, 2.05) is 22.7 Å². The number of rotatable bonds is 8. The van der Waals surface area contributed by atoms with Gasteiger partial charge in [0, 0.05) is 36.6 Å². The first-order chi connectivity index (χ1) is 17.1. The molecule has 0 amide bonds. The summed E-state index contributed by atoms with van der Waals surface area (Å²) in [7, 11) is 0. The molecule has 176 valence electrons. The van der Waals surface area contributed by atoms with E-state index in [4.69, 9.17) is 0 Å². The Kier molecular flexibility index (Phi) is 7.17. The van der Waals surface area contributed by atoms with Crippen LogP contribution in [0.1, 0.15) is 35.1 Å². The highest BCUT2D eigenvalue weighted by Gasteiger charge is 2.14. The fourth-order valence-corrected chi connectivity index (χ4v) is 6.11. The molecule has 3 heteroatoms. The third kappa shape index (κ3) is 5.42. The first-order valence-electron chi connectivity index (χ1n) is 12.3. The van der Waals surface area contributed by atoms with Gasteiger partial charge < -0.3 is 4.90 Å². The van der Waals surface area contributed by atoms with Crippen molar-refractivity contribution in [2.24, 2.45) is 0 Å². The smallest absolute Gasteiger partial charge is 0.0462 e. The number of nitrogens with zero attached hydrogens (tertiary/aromatic N) is 1. The SMILES string of the molecule is CCCCc1ccc(N(c2ccc(-c3ccc(C)s3)cc2)c2ccc(-c3ccc(C)s3)cc2)cc1. The lowest BCUT2D eigenvalue weighted by atomic mass is 10.1. The number of hydrogen-bond acceptors (Lipinski definition) is 3. The van der Waals surface area contributed by atoms with Crippen molar-refractivity contribution in [1.82, 2.24) is 0 Å². The van der Waals surface area contributed by atoms with Gasteiger partial charge in [0.2, 0.25) is 0 Å². The fraction of sp³-hybridized carbons (Fsp3) is 0.188. The zero-order valence-electron chi connectivity index (χ0n) is 20.6. The van der Waals surface area contributed by atoms with Crippen LogP contribution in [0.25, 0.3) is 20.9 Å². The van der Waals surface area contributed by atoms with Gasteiger partial charge in [-0.25, -0.2) is 0 Å². The minimum atomic E-state index is 1.14. The van der Waals surface area contributed by atoms with Crippen LogP contribution in [0.4, 0.5) is 17.1 Å². The molecule has 2 aromatic heterocycles. The maximum atomic E-state index is 2.36. The van der Waals surface area contributed by atoms with Crippen LogP contribution >= 0.6 is 22.7 Å². The van der Waals surface area contributed by atoms with Gasteiger partial charge in [0.1, 0.15) is 0 Å². The van der Waals surface area contributed by atoms with E-state index in [9.17, 15) is 0 Å². The summed E-state index contributed by atoms with van der Waals surface area (Å²) in [6.07, 6.45) is 3.59. The third-order valence-corrected chi connectivity index (χ3v) is 8.41. The molecule has 0 spiro atoms. The number of hydrogen-bond donors (Lipinski definition) is 0. The maximum absolute atomic E-state index is 2.36. The zero-order chi connectivity index (χ0) is 24.2. The van der Waals surface area contributed by atoms with Crippen molar-refractivity contribution < 1.29 is 0 Å². The largest absolute Gasteiger partial charge is 0.311 e. The molecule has 5 rings (SSSR count). The third-order valence-electron chi connectivity index (χ3n) is 6.31. The van der Waals surface area contributed by atoms with Crippen LogP contribution in [0.15, 0.2) is 97.1 Å². The van der Waals surface area contributed by atoms with Gasteiger partial charge in [-0.15, -0.1) is 22.7 Å². The van der Waals surface area contributed by atoms with E-state index in [2.05, 4.69) is 123 Å². The second-order valence-electron chi connectivity index (χ2n) is 9.02. The topological polar surface area (TPSA) is 3.24 Å². The summed E-state index contributed by atoms with van der Waals surface area (Å²) >= 11 is 3.69. The van der Waals surface area contributed by atoms with E-state index in [0.29, 0.717) is 0 Å². The Morgan fingerprint density at radius 3 is 1.34 bits per heavy atom. The minimum absolute atomic E-state index is 1.14. The molecule has 1 nitrogen and oxygen atoms in total. The highest BCUT2D eigenvalue weighted by molar-refractivity contribution is 7.15. The Hall–Kier alpha value is -3.14. The van der Waals surface area contributed by atoms with Crippen LogP contribution in [0.2, 0.25) is 0 Å². The molecule has 0 aliphatic carbocycles. The second kappa shape index (κ2) is 10.6. The summed E-state index contributed by atoms with van der Waals surface area (Å²) in [4.78, 5) is 7.67. The number of unbranched alkanes of at least 4 members (excludes halogenated alkanes) is 1. The molecule has 0 bridgehead atoms. The summed E-state index contributed by atoms with van der Waals surface area (Å²) in [6, 6.07) is 35.8. The summed E-state index contributed by atoms with van der Waals surface area (Å²) < 4.78 is 0. The van der Waals surface area contributed by atoms with Crippen LogP contribution in [0.3, 0.4) is 0 Å². The monoisotopic (exact) mass is 493 g/mol. The van der Waals surface area contributed by atoms with Crippen LogP contribution in [-0.2, 0) is 6.42 Å². The predicted molar refractivity (Wildman–Crippen MR) is 156 cm³/mol. The van der Waals surface area contributed by atoms with Gasteiger partial charge in [-0.3, -0.25) is 0 Å². The molecule has 0 saturated heterocycles. The molecule has 2 heterocycles. The lowest BCUT2D eigenvalue weighted by Crippen LogP contribution is -2.09. The molecule has 0 unspecified atom stereocenters. The van der Waals surface area contributed by atoms with E-state index in [1.54, 1.807) is 0 Å². The van der Waals surface area contributed by atoms with Gasteiger partial charge in [0.15, 0.2) is 0 Å². The number of benzene rings is 3. The Bertz CT molecular complexity index is 1290. The quantitative estimate of drug-likeness (QED) is 0.208. The maximum Gasteiger partial charge on any atom is 0.0462 e. The molecular weight excluding hydrogens is 462 g/mol. The van der Waals surface area contributed by atoms with E-state index in [0.717, 1.165) is 6.42 Å². The summed E-state index contributed by atoms with van der Waals surface area (Å²) in [5, 5.41) is 0. The predicted octanol–water partition coefficient (Wildman–Crippen LogP) is 10.6. The molecule has 0 aliphatic rings. The first kappa shape index (κ1) is 23.6. The van der Waals surface area contributed by atoms with Crippen molar-refractivity contribution in [3.05, 3.63) is 112 Å². The Balaban J connectivity index is 1.50. The Labute approximate surface area is 217 Å². The lowest BCUT2D eigenvalue weighted by molar-refractivity contribution is 0.795. The molecular formula is C32H31NS2. The Morgan fingerprint density at radius 2 is 0.971 bits per heavy atom. The minimum Gasteiger partial charge on any atom is -0.311 e. The molecule has 0 N–H and O–H groups in total. The van der Waals surface area contributed by atoms with E-state index >= 15 is 0 Å². The number of anilines is 3. The van der Waals surface area contributed by atoms with Crippen molar-refractivity contribution >= 4 is 39.7 Å². The molecule has 0 saturated carbocycles. The van der Waals surface area contributed by atoms with Crippen molar-refractivity contribution in [3.8, 4) is 20.9 Å². The van der Waals surface area contributed by atoms with Gasteiger partial charge in [-0.1, -0.05) is 49.7 Å². The van der Waals surface area contributed by atoms with Gasteiger partial charge in [0.25, 0.3) is 0 Å². The number of thiophene rings is 2. The molecule has 5 aromatic rings. The van der Waals surface area contributed by atoms with Crippen molar-refractivity contribution in [2.45, 2.75) is 40.0 Å². The standard InChI is InChI=1S/C32H31NS2/c1-4-5-6-25-9-15-28(16-10-25)33(29-17-11-26(12-18-29)31-21-7-23(2)34-31)30-19-13-27(14-20-30)32-22-8-24(3)35-32/h7-22H,4-6H2,1-3H3. The van der Waals surface area contributed by atoms with Gasteiger partial charge >= 0.3 is 0 Å². The summed E-state index contributed by atoms with van der Waals surface area (Å²) in [5.74, 6) is 0. The molecule has 3 aromatic carbocycles. The first-order valence-corrected chi connectivity index (χ1v) is 14.0. The summed E-state index contributed by atoms with van der Waals surface area (Å²) in [6.45, 7) is 6.57. The normalized spacial score (nSPS) is 11.1. The summed E-state index contributed by atoms with van der Waals surface area (Å²) in [5.41, 5.74) is 7.47. The van der Waals surface area contributed by atoms with Gasteiger partial charge in [-0.05, 0) is 104 Å². The fourth-order valence-electron chi connectivity index (χ4n) is 4.37. The van der Waals surface area contributed by atoms with E-state index in [1.165, 1.54) is 66.1 Å². The highest BCUT2D eigenvalue weighted by Crippen LogP contribution is 2.38. The highest BCUT2D eigenvalue weighted by atomic mass is 32.1. The second-order valence-corrected chi connectivity index (χ2v) is 11.6. The molecule has 0 radical (unpaired) electrons. The van der Waals surface area contributed by atoms with Crippen LogP contribution in [0, 0.1) is 13.8 Å². The van der Waals surface area contributed by atoms with Crippen LogP contribution < -0.4 is 4.90 Å². The average Bonchev–Trinajstić information content (AvgIpc) is 3.53. The Morgan fingerprint density at radius 1 is 0.543 bits per heavy atom. The zero-order valence-corrected chi connectivity index (χ0v) is 22.3. The van der Waals surface area contributed by atoms with Gasteiger partial charge in [-0.2, -0.15) is 0 Å². The number of aryl methyl sites for hydroxylation is 3. The average molecular weight is 494 g/mol. The van der Waals surface area contributed by atoms with E-state index < -0.39 is 0 Å². The van der Waals surface area contributed by atoms with Crippen LogP contribution in [-0.4, -0.2) is 0 Å². The molecule has 0 aliphatic heterocycles.